The standard InChI is InChI=1S/C15H22N2O3S/c1-11-8-17(9-12(2)20-11)15(18)16-14-7-5-4-6-13(14)10-21(3)19/h4-7,11-12H,8-10H2,1-3H3,(H,16,18)/t11-,12+,21-/m1/s1. The zero-order valence-corrected chi connectivity index (χ0v) is 13.5. The van der Waals surface area contributed by atoms with Gasteiger partial charge in [-0.05, 0) is 25.5 Å². The van der Waals surface area contributed by atoms with Crippen LogP contribution in [0.25, 0.3) is 0 Å². The monoisotopic (exact) mass is 310 g/mol. The normalized spacial score (nSPS) is 23.7. The molecule has 0 spiro atoms. The van der Waals surface area contributed by atoms with E-state index in [1.165, 1.54) is 0 Å². The fraction of sp³-hybridized carbons (Fsp3) is 0.533. The first-order chi connectivity index (χ1) is 9.95. The number of benzene rings is 1. The maximum Gasteiger partial charge on any atom is 0.322 e. The maximum absolute atomic E-state index is 12.4. The third-order valence-corrected chi connectivity index (χ3v) is 4.04. The summed E-state index contributed by atoms with van der Waals surface area (Å²) in [5.41, 5.74) is 1.62. The summed E-state index contributed by atoms with van der Waals surface area (Å²) in [7, 11) is -0.943. The number of para-hydroxylation sites is 1. The average molecular weight is 310 g/mol. The number of carbonyl (C=O) groups excluding carboxylic acids is 1. The topological polar surface area (TPSA) is 58.6 Å². The van der Waals surface area contributed by atoms with Crippen molar-refractivity contribution in [3.63, 3.8) is 0 Å². The Morgan fingerprint density at radius 3 is 2.57 bits per heavy atom. The highest BCUT2D eigenvalue weighted by Crippen LogP contribution is 2.18. The van der Waals surface area contributed by atoms with E-state index >= 15 is 0 Å². The molecule has 0 aromatic heterocycles. The highest BCUT2D eigenvalue weighted by Gasteiger charge is 2.26. The molecule has 1 N–H and O–H groups in total. The molecule has 1 aliphatic rings. The summed E-state index contributed by atoms with van der Waals surface area (Å²) >= 11 is 0. The number of hydrogen-bond acceptors (Lipinski definition) is 3. The molecule has 5 nitrogen and oxygen atoms in total. The van der Waals surface area contributed by atoms with Crippen molar-refractivity contribution in [1.82, 2.24) is 4.90 Å². The lowest BCUT2D eigenvalue weighted by Gasteiger charge is -2.35. The van der Waals surface area contributed by atoms with Crippen LogP contribution in [0.3, 0.4) is 0 Å². The van der Waals surface area contributed by atoms with Gasteiger partial charge in [0.05, 0.1) is 18.0 Å². The number of nitrogens with zero attached hydrogens (tertiary/aromatic N) is 1. The predicted octanol–water partition coefficient (Wildman–Crippen LogP) is 2.21. The fourth-order valence-electron chi connectivity index (χ4n) is 2.53. The molecular weight excluding hydrogens is 288 g/mol. The number of carbonyl (C=O) groups is 1. The van der Waals surface area contributed by atoms with Crippen LogP contribution >= 0.6 is 0 Å². The highest BCUT2D eigenvalue weighted by atomic mass is 32.2. The number of morpholine rings is 1. The smallest absolute Gasteiger partial charge is 0.322 e. The van der Waals surface area contributed by atoms with E-state index in [2.05, 4.69) is 5.32 Å². The second-order valence-electron chi connectivity index (χ2n) is 5.47. The van der Waals surface area contributed by atoms with Gasteiger partial charge in [0.15, 0.2) is 0 Å². The summed E-state index contributed by atoms with van der Waals surface area (Å²) in [4.78, 5) is 14.1. The molecule has 21 heavy (non-hydrogen) atoms. The van der Waals surface area contributed by atoms with Crippen LogP contribution in [-0.2, 0) is 21.3 Å². The zero-order chi connectivity index (χ0) is 15.4. The number of ether oxygens (including phenoxy) is 1. The first-order valence-electron chi connectivity index (χ1n) is 7.05. The van der Waals surface area contributed by atoms with Crippen LogP contribution in [0.1, 0.15) is 19.4 Å². The second-order valence-corrected chi connectivity index (χ2v) is 6.90. The van der Waals surface area contributed by atoms with E-state index < -0.39 is 10.8 Å². The zero-order valence-electron chi connectivity index (χ0n) is 12.7. The van der Waals surface area contributed by atoms with Crippen molar-refractivity contribution in [3.05, 3.63) is 29.8 Å². The minimum Gasteiger partial charge on any atom is -0.372 e. The highest BCUT2D eigenvalue weighted by molar-refractivity contribution is 7.83. The fourth-order valence-corrected chi connectivity index (χ4v) is 3.21. The number of rotatable bonds is 3. The van der Waals surface area contributed by atoms with E-state index in [-0.39, 0.29) is 18.2 Å². The Hall–Kier alpha value is -1.40. The van der Waals surface area contributed by atoms with Crippen molar-refractivity contribution in [3.8, 4) is 0 Å². The molecule has 2 amide bonds. The van der Waals surface area contributed by atoms with E-state index in [1.54, 1.807) is 11.2 Å². The molecule has 0 bridgehead atoms. The van der Waals surface area contributed by atoms with Gasteiger partial charge in [0.25, 0.3) is 0 Å². The van der Waals surface area contributed by atoms with Gasteiger partial charge in [-0.25, -0.2) is 4.79 Å². The average Bonchev–Trinajstić information content (AvgIpc) is 2.39. The Balaban J connectivity index is 2.07. The van der Waals surface area contributed by atoms with Crippen LogP contribution < -0.4 is 5.32 Å². The van der Waals surface area contributed by atoms with Gasteiger partial charge in [0.2, 0.25) is 0 Å². The lowest BCUT2D eigenvalue weighted by Crippen LogP contribution is -2.49. The Morgan fingerprint density at radius 2 is 1.95 bits per heavy atom. The molecule has 6 heteroatoms. The number of urea groups is 1. The molecule has 3 atom stereocenters. The van der Waals surface area contributed by atoms with E-state index in [0.717, 1.165) is 11.3 Å². The van der Waals surface area contributed by atoms with E-state index in [0.29, 0.717) is 18.8 Å². The summed E-state index contributed by atoms with van der Waals surface area (Å²) in [5.74, 6) is 0.437. The van der Waals surface area contributed by atoms with E-state index in [9.17, 15) is 9.00 Å². The first-order valence-corrected chi connectivity index (χ1v) is 8.77. The Kier molecular flexibility index (Phi) is 5.36. The number of hydrogen-bond donors (Lipinski definition) is 1. The molecule has 1 aromatic carbocycles. The molecule has 0 unspecified atom stereocenters. The molecule has 116 valence electrons. The first kappa shape index (κ1) is 16.0. The van der Waals surface area contributed by atoms with Gasteiger partial charge < -0.3 is 15.0 Å². The van der Waals surface area contributed by atoms with Crippen molar-refractivity contribution in [2.45, 2.75) is 31.8 Å². The van der Waals surface area contributed by atoms with Crippen LogP contribution in [-0.4, -0.2) is 46.7 Å². The summed E-state index contributed by atoms with van der Waals surface area (Å²) < 4.78 is 17.0. The van der Waals surface area contributed by atoms with Gasteiger partial charge in [-0.15, -0.1) is 0 Å². The van der Waals surface area contributed by atoms with Crippen molar-refractivity contribution >= 4 is 22.5 Å². The molecule has 1 aromatic rings. The Bertz CT molecular complexity index is 525. The SMILES string of the molecule is C[C@@H]1CN(C(=O)Nc2ccccc2C[S@@](C)=O)C[C@H](C)O1. The molecule has 0 radical (unpaired) electrons. The lowest BCUT2D eigenvalue weighted by atomic mass is 10.2. The van der Waals surface area contributed by atoms with Gasteiger partial charge in [-0.3, -0.25) is 4.21 Å². The minimum atomic E-state index is -0.943. The van der Waals surface area contributed by atoms with Crippen LogP contribution in [0, 0.1) is 0 Å². The molecular formula is C15H22N2O3S. The predicted molar refractivity (Wildman–Crippen MR) is 84.8 cm³/mol. The van der Waals surface area contributed by atoms with Crippen molar-refractivity contribution in [2.24, 2.45) is 0 Å². The number of anilines is 1. The van der Waals surface area contributed by atoms with Crippen molar-refractivity contribution in [1.29, 1.82) is 0 Å². The number of amides is 2. The molecule has 1 heterocycles. The molecule has 0 saturated carbocycles. The van der Waals surface area contributed by atoms with Crippen LogP contribution in [0.5, 0.6) is 0 Å². The van der Waals surface area contributed by atoms with Gasteiger partial charge >= 0.3 is 6.03 Å². The molecule has 0 aliphatic carbocycles. The van der Waals surface area contributed by atoms with E-state index in [4.69, 9.17) is 4.74 Å². The summed E-state index contributed by atoms with van der Waals surface area (Å²) in [6, 6.07) is 7.35. The van der Waals surface area contributed by atoms with Crippen LogP contribution in [0.4, 0.5) is 10.5 Å². The molecule has 1 aliphatic heterocycles. The van der Waals surface area contributed by atoms with Crippen LogP contribution in [0.2, 0.25) is 0 Å². The van der Waals surface area contributed by atoms with Gasteiger partial charge in [-0.2, -0.15) is 0 Å². The maximum atomic E-state index is 12.4. The Labute approximate surface area is 128 Å². The minimum absolute atomic E-state index is 0.0397. The van der Waals surface area contributed by atoms with Crippen molar-refractivity contribution in [2.75, 3.05) is 24.7 Å². The quantitative estimate of drug-likeness (QED) is 0.931. The van der Waals surface area contributed by atoms with Gasteiger partial charge in [0, 0.05) is 35.8 Å². The molecule has 1 fully saturated rings. The molecule has 1 saturated heterocycles. The largest absolute Gasteiger partial charge is 0.372 e. The van der Waals surface area contributed by atoms with Gasteiger partial charge in [0.1, 0.15) is 0 Å². The Morgan fingerprint density at radius 1 is 1.33 bits per heavy atom. The number of nitrogens with one attached hydrogen (secondary N) is 1. The summed E-state index contributed by atoms with van der Waals surface area (Å²) in [6.07, 6.45) is 1.74. The molecule has 2 rings (SSSR count). The third kappa shape index (κ3) is 4.54. The van der Waals surface area contributed by atoms with Gasteiger partial charge in [-0.1, -0.05) is 18.2 Å². The van der Waals surface area contributed by atoms with Crippen LogP contribution in [0.15, 0.2) is 24.3 Å². The summed E-state index contributed by atoms with van der Waals surface area (Å²) in [6.45, 7) is 5.09. The van der Waals surface area contributed by atoms with E-state index in [1.807, 2.05) is 38.1 Å². The summed E-state index contributed by atoms with van der Waals surface area (Å²) in [5, 5.41) is 2.92. The lowest BCUT2D eigenvalue weighted by molar-refractivity contribution is -0.0530. The third-order valence-electron chi connectivity index (χ3n) is 3.32. The second kappa shape index (κ2) is 7.04. The van der Waals surface area contributed by atoms with Crippen molar-refractivity contribution < 1.29 is 13.7 Å².